The summed E-state index contributed by atoms with van der Waals surface area (Å²) in [6.45, 7) is 5.96. The smallest absolute Gasteiger partial charge is 0.308 e. The first-order valence-corrected chi connectivity index (χ1v) is 8.30. The Morgan fingerprint density at radius 3 is 2.76 bits per heavy atom. The molecule has 0 aliphatic carbocycles. The van der Waals surface area contributed by atoms with Gasteiger partial charge < -0.3 is 4.74 Å². The number of carbonyl (C=O) groups is 1. The summed E-state index contributed by atoms with van der Waals surface area (Å²) in [4.78, 5) is 11.3. The molecule has 0 fully saturated rings. The molecule has 1 amide bonds. The van der Waals surface area contributed by atoms with Crippen LogP contribution in [0.5, 0.6) is 5.75 Å². The summed E-state index contributed by atoms with van der Waals surface area (Å²) in [5, 5.41) is 0. The number of nitrogens with one attached hydrogen (secondary N) is 1. The summed E-state index contributed by atoms with van der Waals surface area (Å²) in [5.41, 5.74) is 0.736. The molecular weight excluding hydrogens is 292 g/mol. The van der Waals surface area contributed by atoms with E-state index in [0.29, 0.717) is 29.3 Å². The highest BCUT2D eigenvalue weighted by molar-refractivity contribution is 7.91. The summed E-state index contributed by atoms with van der Waals surface area (Å²) < 4.78 is 33.3. The SMILES string of the molecule is CCCNS(=O)(=O)N(C=O)c1cccc2c1OC(C)(C)C2. The molecule has 1 aliphatic rings. The quantitative estimate of drug-likeness (QED) is 0.810. The first-order valence-electron chi connectivity index (χ1n) is 6.86. The topological polar surface area (TPSA) is 75.7 Å². The fourth-order valence-corrected chi connectivity index (χ4v) is 3.43. The average Bonchev–Trinajstić information content (AvgIpc) is 2.72. The molecule has 1 heterocycles. The van der Waals surface area contributed by atoms with Gasteiger partial charge in [-0.2, -0.15) is 17.4 Å². The van der Waals surface area contributed by atoms with Gasteiger partial charge in [0, 0.05) is 18.5 Å². The minimum Gasteiger partial charge on any atom is -0.485 e. The molecule has 116 valence electrons. The summed E-state index contributed by atoms with van der Waals surface area (Å²) in [6, 6.07) is 5.17. The first-order chi connectivity index (χ1) is 9.80. The van der Waals surface area contributed by atoms with Crippen LogP contribution in [-0.2, 0) is 21.4 Å². The van der Waals surface area contributed by atoms with E-state index in [1.807, 2.05) is 26.8 Å². The Kier molecular flexibility index (Phi) is 4.25. The maximum atomic E-state index is 12.2. The molecule has 2 rings (SSSR count). The molecule has 0 saturated carbocycles. The van der Waals surface area contributed by atoms with Gasteiger partial charge in [0.1, 0.15) is 17.0 Å². The predicted octanol–water partition coefficient (Wildman–Crippen LogP) is 1.61. The van der Waals surface area contributed by atoms with Gasteiger partial charge in [-0.25, -0.2) is 0 Å². The maximum Gasteiger partial charge on any atom is 0.308 e. The lowest BCUT2D eigenvalue weighted by atomic mass is 10.0. The molecule has 0 atom stereocenters. The maximum absolute atomic E-state index is 12.2. The van der Waals surface area contributed by atoms with Gasteiger partial charge in [0.15, 0.2) is 0 Å². The Hall–Kier alpha value is -1.60. The van der Waals surface area contributed by atoms with Gasteiger partial charge in [-0.3, -0.25) is 4.79 Å². The van der Waals surface area contributed by atoms with Crippen molar-refractivity contribution in [2.24, 2.45) is 0 Å². The number of rotatable bonds is 6. The number of anilines is 1. The molecule has 1 N–H and O–H groups in total. The Morgan fingerprint density at radius 2 is 2.14 bits per heavy atom. The van der Waals surface area contributed by atoms with E-state index in [1.54, 1.807) is 12.1 Å². The number of amides is 1. The van der Waals surface area contributed by atoms with Crippen LogP contribution in [0.1, 0.15) is 32.8 Å². The minimum absolute atomic E-state index is 0.247. The van der Waals surface area contributed by atoms with E-state index in [2.05, 4.69) is 4.72 Å². The van der Waals surface area contributed by atoms with Crippen molar-refractivity contribution in [3.8, 4) is 5.75 Å². The van der Waals surface area contributed by atoms with Crippen molar-refractivity contribution in [3.63, 3.8) is 0 Å². The number of hydrogen-bond acceptors (Lipinski definition) is 4. The number of carbonyl (C=O) groups excluding carboxylic acids is 1. The highest BCUT2D eigenvalue weighted by Crippen LogP contribution is 2.42. The largest absolute Gasteiger partial charge is 0.485 e. The molecular formula is C14H20N2O4S. The zero-order valence-electron chi connectivity index (χ0n) is 12.4. The van der Waals surface area contributed by atoms with Crippen LogP contribution >= 0.6 is 0 Å². The van der Waals surface area contributed by atoms with Gasteiger partial charge >= 0.3 is 10.2 Å². The van der Waals surface area contributed by atoms with Crippen LogP contribution in [0.25, 0.3) is 0 Å². The number of fused-ring (bicyclic) bond motifs is 1. The molecule has 7 heteroatoms. The zero-order chi connectivity index (χ0) is 15.7. The van der Waals surface area contributed by atoms with Crippen LogP contribution in [0.15, 0.2) is 18.2 Å². The van der Waals surface area contributed by atoms with Crippen molar-refractivity contribution in [1.29, 1.82) is 0 Å². The molecule has 1 aromatic carbocycles. The lowest BCUT2D eigenvalue weighted by molar-refractivity contribution is -0.106. The summed E-state index contributed by atoms with van der Waals surface area (Å²) >= 11 is 0. The highest BCUT2D eigenvalue weighted by Gasteiger charge is 2.35. The lowest BCUT2D eigenvalue weighted by Gasteiger charge is -2.22. The van der Waals surface area contributed by atoms with Crippen LogP contribution < -0.4 is 13.8 Å². The Bertz CT molecular complexity index is 640. The molecule has 1 aliphatic heterocycles. The normalized spacial score (nSPS) is 16.1. The van der Waals surface area contributed by atoms with Gasteiger partial charge in [-0.1, -0.05) is 19.1 Å². The molecule has 1 aromatic rings. The van der Waals surface area contributed by atoms with Gasteiger partial charge in [0.05, 0.1) is 0 Å². The molecule has 0 radical (unpaired) electrons. The van der Waals surface area contributed by atoms with Crippen molar-refractivity contribution in [2.75, 3.05) is 10.8 Å². The summed E-state index contributed by atoms with van der Waals surface area (Å²) in [7, 11) is -3.91. The van der Waals surface area contributed by atoms with E-state index in [9.17, 15) is 13.2 Å². The second kappa shape index (κ2) is 5.65. The second-order valence-corrected chi connectivity index (χ2v) is 7.24. The molecule has 0 aromatic heterocycles. The highest BCUT2D eigenvalue weighted by atomic mass is 32.2. The fourth-order valence-electron chi connectivity index (χ4n) is 2.32. The Morgan fingerprint density at radius 1 is 1.43 bits per heavy atom. The third-order valence-corrected chi connectivity index (χ3v) is 4.57. The van der Waals surface area contributed by atoms with Gasteiger partial charge in [0.2, 0.25) is 6.41 Å². The van der Waals surface area contributed by atoms with Crippen molar-refractivity contribution < 1.29 is 17.9 Å². The molecule has 21 heavy (non-hydrogen) atoms. The third-order valence-electron chi connectivity index (χ3n) is 3.20. The Balaban J connectivity index is 2.42. The van der Waals surface area contributed by atoms with Crippen molar-refractivity contribution >= 4 is 22.3 Å². The molecule has 0 saturated heterocycles. The molecule has 6 nitrogen and oxygen atoms in total. The van der Waals surface area contributed by atoms with E-state index >= 15 is 0 Å². The van der Waals surface area contributed by atoms with Crippen molar-refractivity contribution in [1.82, 2.24) is 4.72 Å². The van der Waals surface area contributed by atoms with Gasteiger partial charge in [0.25, 0.3) is 0 Å². The van der Waals surface area contributed by atoms with Crippen LogP contribution in [-0.4, -0.2) is 27.0 Å². The van der Waals surface area contributed by atoms with E-state index in [0.717, 1.165) is 5.56 Å². The lowest BCUT2D eigenvalue weighted by Crippen LogP contribution is -2.40. The number of para-hydroxylation sites is 1. The standard InChI is InChI=1S/C14H20N2O4S/c1-4-8-15-21(18,19)16(10-17)12-7-5-6-11-9-14(2,3)20-13(11)12/h5-7,10,15H,4,8-9H2,1-3H3. The first kappa shape index (κ1) is 15.8. The summed E-state index contributed by atoms with van der Waals surface area (Å²) in [6.07, 6.45) is 1.61. The van der Waals surface area contributed by atoms with Crippen LogP contribution in [0.2, 0.25) is 0 Å². The number of ether oxygens (including phenoxy) is 1. The number of nitrogens with zero attached hydrogens (tertiary/aromatic N) is 1. The Labute approximate surface area is 125 Å². The molecule has 0 unspecified atom stereocenters. The molecule has 0 spiro atoms. The molecule has 0 bridgehead atoms. The van der Waals surface area contributed by atoms with Gasteiger partial charge in [-0.05, 0) is 26.3 Å². The summed E-state index contributed by atoms with van der Waals surface area (Å²) in [5.74, 6) is 0.455. The van der Waals surface area contributed by atoms with E-state index in [1.165, 1.54) is 0 Å². The monoisotopic (exact) mass is 312 g/mol. The third kappa shape index (κ3) is 3.19. The van der Waals surface area contributed by atoms with Crippen LogP contribution in [0, 0.1) is 0 Å². The second-order valence-electron chi connectivity index (χ2n) is 5.60. The zero-order valence-corrected chi connectivity index (χ0v) is 13.2. The fraction of sp³-hybridized carbons (Fsp3) is 0.500. The van der Waals surface area contributed by atoms with E-state index in [4.69, 9.17) is 4.74 Å². The number of hydrogen-bond donors (Lipinski definition) is 1. The van der Waals surface area contributed by atoms with E-state index in [-0.39, 0.29) is 12.2 Å². The van der Waals surface area contributed by atoms with Gasteiger partial charge in [-0.15, -0.1) is 0 Å². The number of benzene rings is 1. The predicted molar refractivity (Wildman–Crippen MR) is 80.6 cm³/mol. The average molecular weight is 312 g/mol. The van der Waals surface area contributed by atoms with Crippen LogP contribution in [0.3, 0.4) is 0 Å². The van der Waals surface area contributed by atoms with E-state index < -0.39 is 15.8 Å². The minimum atomic E-state index is -3.91. The van der Waals surface area contributed by atoms with Crippen molar-refractivity contribution in [3.05, 3.63) is 23.8 Å². The van der Waals surface area contributed by atoms with Crippen molar-refractivity contribution in [2.45, 2.75) is 39.2 Å². The van der Waals surface area contributed by atoms with Crippen LogP contribution in [0.4, 0.5) is 5.69 Å².